The van der Waals surface area contributed by atoms with E-state index in [-0.39, 0.29) is 0 Å². The topological polar surface area (TPSA) is 36.1 Å². The van der Waals surface area contributed by atoms with E-state index >= 15 is 0 Å². The molecule has 2 atom stereocenters. The molecule has 0 bridgehead atoms. The van der Waals surface area contributed by atoms with Gasteiger partial charge in [0.2, 0.25) is 6.19 Å². The third-order valence-corrected chi connectivity index (χ3v) is 9.23. The largest absolute Gasteiger partial charge is 0.207 e. The summed E-state index contributed by atoms with van der Waals surface area (Å²) >= 11 is 17.0. The van der Waals surface area contributed by atoms with Gasteiger partial charge in [0.25, 0.3) is 0 Å². The van der Waals surface area contributed by atoms with E-state index in [0.717, 1.165) is 26.5 Å². The van der Waals surface area contributed by atoms with Crippen LogP contribution in [0, 0.1) is 11.5 Å². The van der Waals surface area contributed by atoms with Gasteiger partial charge in [-0.1, -0.05) is 87.2 Å². The molecule has 2 nitrogen and oxygen atoms in total. The van der Waals surface area contributed by atoms with Crippen LogP contribution in [0.5, 0.6) is 0 Å². The number of rotatable bonds is 6. The minimum absolute atomic E-state index is 0.401. The fourth-order valence-corrected chi connectivity index (χ4v) is 4.25. The van der Waals surface area contributed by atoms with Crippen LogP contribution in [-0.4, -0.2) is 36.2 Å². The van der Waals surface area contributed by atoms with Crippen molar-refractivity contribution in [2.45, 2.75) is 9.65 Å². The number of hydrogen-bond donors (Lipinski definition) is 0. The minimum Gasteiger partial charge on any atom is -0.170 e. The molecule has 0 aromatic rings. The van der Waals surface area contributed by atoms with Crippen LogP contribution in [0.4, 0.5) is 0 Å². The molecule has 0 aliphatic heterocycles. The first-order valence-corrected chi connectivity index (χ1v) is 10.3. The molecule has 92 valence electrons. The van der Waals surface area contributed by atoms with Gasteiger partial charge in [-0.15, -0.1) is 0 Å². The van der Waals surface area contributed by atoms with Crippen LogP contribution < -0.4 is 0 Å². The average Bonchev–Trinajstić information content (AvgIpc) is 2.31. The number of nitrogens with zero attached hydrogens (tertiary/aromatic N) is 2. The van der Waals surface area contributed by atoms with E-state index in [4.69, 9.17) is 5.26 Å². The van der Waals surface area contributed by atoms with Crippen LogP contribution in [0.15, 0.2) is 4.99 Å². The van der Waals surface area contributed by atoms with Crippen molar-refractivity contribution >= 4 is 91.6 Å². The molecule has 0 aliphatic rings. The van der Waals surface area contributed by atoms with Crippen molar-refractivity contribution in [3.05, 3.63) is 0 Å². The fourth-order valence-electron chi connectivity index (χ4n) is 0.560. The lowest BCUT2D eigenvalue weighted by molar-refractivity contribution is 1.19. The van der Waals surface area contributed by atoms with Crippen LogP contribution in [-0.2, 0) is 0 Å². The Balaban J connectivity index is 4.00. The lowest BCUT2D eigenvalue weighted by atomic mass is 10.6. The molecular formula is C8H10Br4N2S2. The zero-order valence-electron chi connectivity index (χ0n) is 8.21. The molecule has 0 aliphatic carbocycles. The molecule has 0 saturated heterocycles. The van der Waals surface area contributed by atoms with Crippen molar-refractivity contribution in [1.82, 2.24) is 0 Å². The smallest absolute Gasteiger partial charge is 0.170 e. The predicted octanol–water partition coefficient (Wildman–Crippen LogP) is 4.61. The van der Waals surface area contributed by atoms with Crippen molar-refractivity contribution in [3.63, 3.8) is 0 Å². The molecule has 0 aromatic heterocycles. The molecule has 0 fully saturated rings. The van der Waals surface area contributed by atoms with Gasteiger partial charge >= 0.3 is 0 Å². The maximum Gasteiger partial charge on any atom is 0.207 e. The number of hydrogen-bond acceptors (Lipinski definition) is 4. The standard InChI is InChI=1S/C8H10Br4N2S2/c9-1-6(11)3-15-8(14-5-13)16-4-7(12)2-10/h6-7H,1-4H2/t6-,7-/m1/s1. The minimum atomic E-state index is 0.401. The second kappa shape index (κ2) is 11.8. The van der Waals surface area contributed by atoms with Crippen molar-refractivity contribution in [1.29, 1.82) is 5.26 Å². The Morgan fingerprint density at radius 3 is 1.88 bits per heavy atom. The first kappa shape index (κ1) is 17.8. The van der Waals surface area contributed by atoms with Crippen LogP contribution >= 0.6 is 87.2 Å². The van der Waals surface area contributed by atoms with Crippen molar-refractivity contribution in [2.75, 3.05) is 22.2 Å². The van der Waals surface area contributed by atoms with Crippen LogP contribution in [0.2, 0.25) is 0 Å². The molecule has 0 unspecified atom stereocenters. The quantitative estimate of drug-likeness (QED) is 0.223. The Labute approximate surface area is 138 Å². The van der Waals surface area contributed by atoms with E-state index in [9.17, 15) is 0 Å². The molecule has 0 radical (unpaired) electrons. The Kier molecular flexibility index (Phi) is 13.2. The normalized spacial score (nSPS) is 13.9. The maximum absolute atomic E-state index is 8.58. The Bertz CT molecular complexity index is 241. The van der Waals surface area contributed by atoms with E-state index in [1.54, 1.807) is 23.5 Å². The van der Waals surface area contributed by atoms with Crippen molar-refractivity contribution in [3.8, 4) is 6.19 Å². The Hall–Kier alpha value is 1.78. The summed E-state index contributed by atoms with van der Waals surface area (Å²) in [5.41, 5.74) is 0. The SMILES string of the molecule is N#CN=C(SC[C@H](Br)CBr)SC[C@H](Br)CBr. The van der Waals surface area contributed by atoms with E-state index in [2.05, 4.69) is 68.7 Å². The first-order chi connectivity index (χ1) is 7.63. The fraction of sp³-hybridized carbons (Fsp3) is 0.750. The zero-order valence-corrected chi connectivity index (χ0v) is 16.2. The van der Waals surface area contributed by atoms with Gasteiger partial charge < -0.3 is 0 Å². The summed E-state index contributed by atoms with van der Waals surface area (Å²) in [5.74, 6) is 1.81. The molecule has 0 saturated carbocycles. The van der Waals surface area contributed by atoms with Crippen LogP contribution in [0.1, 0.15) is 0 Å². The summed E-state index contributed by atoms with van der Waals surface area (Å²) in [6, 6.07) is 0. The summed E-state index contributed by atoms with van der Waals surface area (Å²) in [5, 5.41) is 10.4. The van der Waals surface area contributed by atoms with Gasteiger partial charge in [-0.3, -0.25) is 0 Å². The molecule has 0 spiro atoms. The highest BCUT2D eigenvalue weighted by Gasteiger charge is 2.09. The van der Waals surface area contributed by atoms with Gasteiger partial charge in [0.05, 0.1) is 0 Å². The van der Waals surface area contributed by atoms with Gasteiger partial charge in [-0.2, -0.15) is 10.3 Å². The molecule has 0 heterocycles. The molecular weight excluding hydrogens is 508 g/mol. The van der Waals surface area contributed by atoms with Crippen LogP contribution in [0.3, 0.4) is 0 Å². The number of alkyl halides is 4. The lowest BCUT2D eigenvalue weighted by Gasteiger charge is -2.08. The third-order valence-electron chi connectivity index (χ3n) is 1.25. The summed E-state index contributed by atoms with van der Waals surface area (Å²) < 4.78 is 0.832. The summed E-state index contributed by atoms with van der Waals surface area (Å²) in [7, 11) is 0. The van der Waals surface area contributed by atoms with Gasteiger partial charge in [0.15, 0.2) is 0 Å². The van der Waals surface area contributed by atoms with Gasteiger partial charge in [-0.05, 0) is 0 Å². The van der Waals surface area contributed by atoms with Crippen molar-refractivity contribution < 1.29 is 0 Å². The number of thioether (sulfide) groups is 2. The molecule has 0 rings (SSSR count). The summed E-state index contributed by atoms with van der Waals surface area (Å²) in [6.07, 6.45) is 1.84. The summed E-state index contributed by atoms with van der Waals surface area (Å²) in [4.78, 5) is 4.61. The number of halogens is 4. The predicted molar refractivity (Wildman–Crippen MR) is 91.0 cm³/mol. The molecule has 8 heteroatoms. The van der Waals surface area contributed by atoms with Crippen molar-refractivity contribution in [2.24, 2.45) is 4.99 Å². The Morgan fingerprint density at radius 1 is 1.12 bits per heavy atom. The van der Waals surface area contributed by atoms with E-state index < -0.39 is 0 Å². The van der Waals surface area contributed by atoms with Gasteiger partial charge in [0.1, 0.15) is 4.38 Å². The summed E-state index contributed by atoms with van der Waals surface area (Å²) in [6.45, 7) is 0. The van der Waals surface area contributed by atoms with E-state index in [0.29, 0.717) is 9.65 Å². The first-order valence-electron chi connectivity index (χ1n) is 4.26. The highest BCUT2D eigenvalue weighted by atomic mass is 79.9. The van der Waals surface area contributed by atoms with E-state index in [1.807, 2.05) is 6.19 Å². The second-order valence-corrected chi connectivity index (χ2v) is 8.76. The number of nitriles is 1. The highest BCUT2D eigenvalue weighted by molar-refractivity contribution is 9.12. The molecule has 0 aromatic carbocycles. The van der Waals surface area contributed by atoms with Gasteiger partial charge in [-0.25, -0.2) is 0 Å². The maximum atomic E-state index is 8.58. The van der Waals surface area contributed by atoms with E-state index in [1.165, 1.54) is 0 Å². The second-order valence-electron chi connectivity index (χ2n) is 2.60. The lowest BCUT2D eigenvalue weighted by Crippen LogP contribution is -2.07. The number of aliphatic imine (C=N–C) groups is 1. The average molecular weight is 518 g/mol. The molecule has 0 amide bonds. The Morgan fingerprint density at radius 2 is 1.56 bits per heavy atom. The molecule has 0 N–H and O–H groups in total. The monoisotopic (exact) mass is 514 g/mol. The van der Waals surface area contributed by atoms with Crippen LogP contribution in [0.25, 0.3) is 0 Å². The van der Waals surface area contributed by atoms with Gasteiger partial charge in [0, 0.05) is 31.8 Å². The third kappa shape index (κ3) is 9.77. The highest BCUT2D eigenvalue weighted by Crippen LogP contribution is 2.23. The zero-order chi connectivity index (χ0) is 12.4. The molecule has 16 heavy (non-hydrogen) atoms.